The number of hydrogen-bond acceptors (Lipinski definition) is 4. The van der Waals surface area contributed by atoms with Crippen LogP contribution in [0.2, 0.25) is 5.02 Å². The van der Waals surface area contributed by atoms with Crippen molar-refractivity contribution in [3.8, 4) is 0 Å². The van der Waals surface area contributed by atoms with Crippen LogP contribution in [-0.4, -0.2) is 43.8 Å². The van der Waals surface area contributed by atoms with E-state index in [0.29, 0.717) is 17.1 Å². The number of para-hydroxylation sites is 1. The molecule has 3 aromatic carbocycles. The molecule has 224 valence electrons. The van der Waals surface area contributed by atoms with Gasteiger partial charge in [-0.1, -0.05) is 85.8 Å². The second-order valence-corrected chi connectivity index (χ2v) is 13.3. The zero-order valence-electron chi connectivity index (χ0n) is 24.6. The van der Waals surface area contributed by atoms with Crippen LogP contribution in [0.3, 0.4) is 0 Å². The van der Waals surface area contributed by atoms with Crippen molar-refractivity contribution < 1.29 is 18.0 Å². The van der Waals surface area contributed by atoms with E-state index < -0.39 is 28.5 Å². The van der Waals surface area contributed by atoms with E-state index in [2.05, 4.69) is 5.32 Å². The predicted octanol–water partition coefficient (Wildman–Crippen LogP) is 6.27. The topological polar surface area (TPSA) is 86.8 Å². The number of sulfonamides is 1. The molecule has 3 aromatic rings. The summed E-state index contributed by atoms with van der Waals surface area (Å²) in [6.45, 7) is 5.20. The van der Waals surface area contributed by atoms with Crippen molar-refractivity contribution in [1.82, 2.24) is 10.2 Å². The van der Waals surface area contributed by atoms with E-state index in [-0.39, 0.29) is 23.4 Å². The quantitative estimate of drug-likeness (QED) is 0.277. The maximum Gasteiger partial charge on any atom is 0.264 e. The molecule has 4 rings (SSSR count). The van der Waals surface area contributed by atoms with Crippen LogP contribution in [0.1, 0.15) is 62.6 Å². The summed E-state index contributed by atoms with van der Waals surface area (Å²) >= 11 is 6.10. The maximum atomic E-state index is 14.2. The van der Waals surface area contributed by atoms with E-state index >= 15 is 0 Å². The molecule has 1 saturated carbocycles. The fourth-order valence-corrected chi connectivity index (χ4v) is 6.92. The highest BCUT2D eigenvalue weighted by molar-refractivity contribution is 7.92. The summed E-state index contributed by atoms with van der Waals surface area (Å²) in [4.78, 5) is 29.2. The van der Waals surface area contributed by atoms with Crippen molar-refractivity contribution in [2.75, 3.05) is 10.8 Å². The van der Waals surface area contributed by atoms with Gasteiger partial charge in [0, 0.05) is 17.6 Å². The first-order valence-electron chi connectivity index (χ1n) is 14.6. The lowest BCUT2D eigenvalue weighted by Crippen LogP contribution is -2.53. The Balaban J connectivity index is 1.70. The maximum absolute atomic E-state index is 14.2. The highest BCUT2D eigenvalue weighted by Crippen LogP contribution is 2.28. The van der Waals surface area contributed by atoms with Crippen molar-refractivity contribution >= 4 is 39.1 Å². The number of aryl methyl sites for hydroxylation is 2. The number of benzene rings is 3. The van der Waals surface area contributed by atoms with Crippen LogP contribution in [0.4, 0.5) is 5.69 Å². The lowest BCUT2D eigenvalue weighted by Gasteiger charge is -2.33. The molecule has 0 bridgehead atoms. The summed E-state index contributed by atoms with van der Waals surface area (Å²) in [5.74, 6) is -0.719. The van der Waals surface area contributed by atoms with Gasteiger partial charge in [-0.15, -0.1) is 0 Å². The van der Waals surface area contributed by atoms with Gasteiger partial charge in [-0.2, -0.15) is 0 Å². The molecule has 42 heavy (non-hydrogen) atoms. The monoisotopic (exact) mass is 609 g/mol. The smallest absolute Gasteiger partial charge is 0.264 e. The van der Waals surface area contributed by atoms with E-state index in [1.54, 1.807) is 55.5 Å². The van der Waals surface area contributed by atoms with Gasteiger partial charge in [-0.05, 0) is 74.6 Å². The normalized spacial score (nSPS) is 14.7. The number of nitrogens with zero attached hydrogens (tertiary/aromatic N) is 2. The molecule has 1 N–H and O–H groups in total. The highest BCUT2D eigenvalue weighted by Gasteiger charge is 2.34. The van der Waals surface area contributed by atoms with Crippen LogP contribution in [0, 0.1) is 6.92 Å². The number of carbonyl (C=O) groups is 2. The molecular weight excluding hydrogens is 570 g/mol. The van der Waals surface area contributed by atoms with Gasteiger partial charge in [0.1, 0.15) is 12.6 Å². The molecule has 1 atom stereocenters. The number of anilines is 1. The van der Waals surface area contributed by atoms with Gasteiger partial charge in [-0.25, -0.2) is 8.42 Å². The minimum Gasteiger partial charge on any atom is -0.352 e. The molecule has 0 radical (unpaired) electrons. The van der Waals surface area contributed by atoms with E-state index in [4.69, 9.17) is 11.6 Å². The van der Waals surface area contributed by atoms with Crippen LogP contribution < -0.4 is 9.62 Å². The Morgan fingerprint density at radius 2 is 1.60 bits per heavy atom. The van der Waals surface area contributed by atoms with Crippen molar-refractivity contribution in [1.29, 1.82) is 0 Å². The van der Waals surface area contributed by atoms with Crippen molar-refractivity contribution in [2.45, 2.75) is 82.8 Å². The van der Waals surface area contributed by atoms with E-state index in [9.17, 15) is 18.0 Å². The third-order valence-corrected chi connectivity index (χ3v) is 9.94. The molecule has 0 saturated heterocycles. The summed E-state index contributed by atoms with van der Waals surface area (Å²) in [7, 11) is -4.11. The van der Waals surface area contributed by atoms with E-state index in [1.807, 2.05) is 38.1 Å². The predicted molar refractivity (Wildman–Crippen MR) is 168 cm³/mol. The number of halogens is 1. The molecule has 0 unspecified atom stereocenters. The molecule has 7 nitrogen and oxygen atoms in total. The third-order valence-electron chi connectivity index (χ3n) is 7.91. The third kappa shape index (κ3) is 7.72. The van der Waals surface area contributed by atoms with Gasteiger partial charge in [0.2, 0.25) is 11.8 Å². The summed E-state index contributed by atoms with van der Waals surface area (Å²) in [5.41, 5.74) is 2.96. The van der Waals surface area contributed by atoms with Gasteiger partial charge in [0.05, 0.1) is 10.6 Å². The average Bonchev–Trinajstić information content (AvgIpc) is 2.99. The molecule has 1 fully saturated rings. The second kappa shape index (κ2) is 14.2. The van der Waals surface area contributed by atoms with Crippen LogP contribution in [0.25, 0.3) is 0 Å². The Morgan fingerprint density at radius 1 is 0.952 bits per heavy atom. The molecule has 9 heteroatoms. The first-order valence-corrected chi connectivity index (χ1v) is 16.4. The van der Waals surface area contributed by atoms with Gasteiger partial charge in [-0.3, -0.25) is 13.9 Å². The van der Waals surface area contributed by atoms with Crippen LogP contribution >= 0.6 is 11.6 Å². The SMILES string of the molecule is CCc1ccccc1N(CC(=O)N(Cc1ccc(Cl)cc1)[C@H](C)C(=O)NC1CCCCC1)S(=O)(=O)c1ccc(C)cc1. The van der Waals surface area contributed by atoms with Crippen LogP contribution in [-0.2, 0) is 32.6 Å². The number of carbonyl (C=O) groups excluding carboxylic acids is 2. The first-order chi connectivity index (χ1) is 20.1. The summed E-state index contributed by atoms with van der Waals surface area (Å²) in [5, 5.41) is 3.69. The fraction of sp³-hybridized carbons (Fsp3) is 0.394. The van der Waals surface area contributed by atoms with Crippen molar-refractivity contribution in [2.24, 2.45) is 0 Å². The van der Waals surface area contributed by atoms with E-state index in [1.165, 1.54) is 9.21 Å². The molecule has 1 aliphatic carbocycles. The standard InChI is InChI=1S/C33H40ClN3O4S/c1-4-27-10-8-9-13-31(27)37(42(40,41)30-20-14-24(2)15-21-30)23-32(38)36(22-26-16-18-28(34)19-17-26)25(3)33(39)35-29-11-6-5-7-12-29/h8-10,13-21,25,29H,4-7,11-12,22-23H2,1-3H3,(H,35,39)/t25-/m1/s1. The average molecular weight is 610 g/mol. The fourth-order valence-electron chi connectivity index (χ4n) is 5.34. The Morgan fingerprint density at radius 3 is 2.24 bits per heavy atom. The van der Waals surface area contributed by atoms with Gasteiger partial charge in [0.15, 0.2) is 0 Å². The molecule has 0 aromatic heterocycles. The highest BCUT2D eigenvalue weighted by atomic mass is 35.5. The Kier molecular flexibility index (Phi) is 10.7. The lowest BCUT2D eigenvalue weighted by molar-refractivity contribution is -0.139. The van der Waals surface area contributed by atoms with Crippen molar-refractivity contribution in [3.05, 3.63) is 94.5 Å². The van der Waals surface area contributed by atoms with Crippen LogP contribution in [0.15, 0.2) is 77.7 Å². The van der Waals surface area contributed by atoms with E-state index in [0.717, 1.165) is 48.8 Å². The number of rotatable bonds is 11. The molecule has 0 heterocycles. The molecule has 0 aliphatic heterocycles. The molecule has 0 spiro atoms. The van der Waals surface area contributed by atoms with Gasteiger partial charge >= 0.3 is 0 Å². The minimum atomic E-state index is -4.11. The minimum absolute atomic E-state index is 0.0797. The Hall–Kier alpha value is -3.36. The molecule has 1 aliphatic rings. The van der Waals surface area contributed by atoms with Gasteiger partial charge < -0.3 is 10.2 Å². The summed E-state index contributed by atoms with van der Waals surface area (Å²) in [6, 6.07) is 20.1. The van der Waals surface area contributed by atoms with Crippen LogP contribution in [0.5, 0.6) is 0 Å². The molecular formula is C33H40ClN3O4S. The molecule has 2 amide bonds. The van der Waals surface area contributed by atoms with Crippen molar-refractivity contribution in [3.63, 3.8) is 0 Å². The first kappa shape index (κ1) is 31.6. The summed E-state index contributed by atoms with van der Waals surface area (Å²) in [6.07, 6.45) is 5.71. The summed E-state index contributed by atoms with van der Waals surface area (Å²) < 4.78 is 29.4. The lowest BCUT2D eigenvalue weighted by atomic mass is 9.95. The zero-order valence-corrected chi connectivity index (χ0v) is 26.1. The number of nitrogens with one attached hydrogen (secondary N) is 1. The van der Waals surface area contributed by atoms with Gasteiger partial charge in [0.25, 0.3) is 10.0 Å². The number of amides is 2. The Bertz CT molecular complexity index is 1470. The largest absolute Gasteiger partial charge is 0.352 e. The zero-order chi connectivity index (χ0) is 30.3. The number of hydrogen-bond donors (Lipinski definition) is 1. The second-order valence-electron chi connectivity index (χ2n) is 11.0. The Labute approximate surface area is 254 Å².